The largest absolute Gasteiger partial charge is 0.431 e. The van der Waals surface area contributed by atoms with Crippen LogP contribution in [0.3, 0.4) is 0 Å². The molecule has 1 rings (SSSR count). The maximum Gasteiger partial charge on any atom is 0.314 e. The Morgan fingerprint density at radius 1 is 1.67 bits per heavy atom. The van der Waals surface area contributed by atoms with Crippen LogP contribution in [0, 0.1) is 0 Å². The van der Waals surface area contributed by atoms with Crippen LogP contribution < -0.4 is 0 Å². The highest BCUT2D eigenvalue weighted by molar-refractivity contribution is 5.72. The molecule has 48 valence electrons. The Balaban J connectivity index is 2.69. The number of hydrogen-bond acceptors (Lipinski definition) is 2. The quantitative estimate of drug-likeness (QED) is 0.456. The molecule has 0 unspecified atom stereocenters. The lowest BCUT2D eigenvalue weighted by atomic mass is 10.4. The number of esters is 1. The van der Waals surface area contributed by atoms with E-state index in [1.54, 1.807) is 19.1 Å². The van der Waals surface area contributed by atoms with Gasteiger partial charge in [-0.2, -0.15) is 0 Å². The number of carbonyl (C=O) groups excluding carboxylic acids is 1. The molecule has 1 aliphatic rings. The van der Waals surface area contributed by atoms with Crippen LogP contribution in [0.1, 0.15) is 13.3 Å². The van der Waals surface area contributed by atoms with Gasteiger partial charge in [0.05, 0.1) is 6.42 Å². The lowest BCUT2D eigenvalue weighted by Gasteiger charge is -1.96. The van der Waals surface area contributed by atoms with E-state index in [0.29, 0.717) is 12.2 Å². The third-order valence-electron chi connectivity index (χ3n) is 1.03. The molecule has 0 aromatic carbocycles. The third kappa shape index (κ3) is 1.72. The Kier molecular flexibility index (Phi) is 1.68. The molecular formula is C7H8O2. The molecule has 2 heteroatoms. The molecule has 1 heterocycles. The predicted octanol–water partition coefficient (Wildman–Crippen LogP) is 1.39. The van der Waals surface area contributed by atoms with Crippen LogP contribution in [-0.4, -0.2) is 5.97 Å². The molecule has 0 amide bonds. The minimum atomic E-state index is -0.183. The minimum Gasteiger partial charge on any atom is -0.431 e. The van der Waals surface area contributed by atoms with Gasteiger partial charge in [-0.05, 0) is 13.0 Å². The summed E-state index contributed by atoms with van der Waals surface area (Å²) in [6, 6.07) is 0. The molecule has 0 fully saturated rings. The predicted molar refractivity (Wildman–Crippen MR) is 33.6 cm³/mol. The smallest absolute Gasteiger partial charge is 0.314 e. The molecule has 0 spiro atoms. The van der Waals surface area contributed by atoms with Crippen molar-refractivity contribution in [3.8, 4) is 0 Å². The number of ether oxygens (including phenoxy) is 1. The molecule has 0 bridgehead atoms. The van der Waals surface area contributed by atoms with Crippen LogP contribution in [-0.2, 0) is 9.53 Å². The van der Waals surface area contributed by atoms with E-state index in [-0.39, 0.29) is 5.97 Å². The lowest BCUT2D eigenvalue weighted by Crippen LogP contribution is -1.98. The third-order valence-corrected chi connectivity index (χ3v) is 1.03. The second-order valence-corrected chi connectivity index (χ2v) is 1.88. The number of rotatable bonds is 0. The highest BCUT2D eigenvalue weighted by Gasteiger charge is 2.01. The average molecular weight is 124 g/mol. The second-order valence-electron chi connectivity index (χ2n) is 1.88. The number of carbonyl (C=O) groups is 1. The van der Waals surface area contributed by atoms with E-state index in [9.17, 15) is 4.79 Å². The summed E-state index contributed by atoms with van der Waals surface area (Å²) < 4.78 is 4.77. The summed E-state index contributed by atoms with van der Waals surface area (Å²) in [6.07, 6.45) is 5.75. The summed E-state index contributed by atoms with van der Waals surface area (Å²) in [4.78, 5) is 10.6. The fraction of sp³-hybridized carbons (Fsp3) is 0.286. The number of allylic oxidation sites excluding steroid dienone is 3. The maximum absolute atomic E-state index is 10.6. The van der Waals surface area contributed by atoms with E-state index in [1.165, 1.54) is 0 Å². The molecule has 0 aromatic heterocycles. The standard InChI is InChI=1S/C7H8O2/c1-6-4-2-3-5-7(8)9-6/h2-4H,5H2,1H3. The SMILES string of the molecule is CC1=CC=CCC(=O)O1. The zero-order valence-corrected chi connectivity index (χ0v) is 5.26. The van der Waals surface area contributed by atoms with Gasteiger partial charge in [-0.25, -0.2) is 0 Å². The normalized spacial score (nSPS) is 18.3. The summed E-state index contributed by atoms with van der Waals surface area (Å²) in [5, 5.41) is 0. The van der Waals surface area contributed by atoms with E-state index in [2.05, 4.69) is 0 Å². The summed E-state index contributed by atoms with van der Waals surface area (Å²) >= 11 is 0. The highest BCUT2D eigenvalue weighted by Crippen LogP contribution is 2.03. The Bertz CT molecular complexity index is 177. The van der Waals surface area contributed by atoms with Gasteiger partial charge in [0.2, 0.25) is 0 Å². The zero-order chi connectivity index (χ0) is 6.69. The second kappa shape index (κ2) is 2.49. The molecule has 9 heavy (non-hydrogen) atoms. The van der Waals surface area contributed by atoms with Crippen molar-refractivity contribution in [2.45, 2.75) is 13.3 Å². The first-order valence-electron chi connectivity index (χ1n) is 2.83. The average Bonchev–Trinajstić information content (AvgIpc) is 1.93. The first-order valence-corrected chi connectivity index (χ1v) is 2.83. The van der Waals surface area contributed by atoms with E-state index < -0.39 is 0 Å². The van der Waals surface area contributed by atoms with Crippen LogP contribution in [0.2, 0.25) is 0 Å². The Hall–Kier alpha value is -1.05. The van der Waals surface area contributed by atoms with Gasteiger partial charge in [-0.15, -0.1) is 0 Å². The molecular weight excluding hydrogens is 116 g/mol. The van der Waals surface area contributed by atoms with Crippen molar-refractivity contribution >= 4 is 5.97 Å². The number of cyclic esters (lactones) is 1. The number of hydrogen-bond donors (Lipinski definition) is 0. The van der Waals surface area contributed by atoms with E-state index in [1.807, 2.05) is 6.08 Å². The first kappa shape index (κ1) is 6.08. The topological polar surface area (TPSA) is 26.3 Å². The fourth-order valence-corrected chi connectivity index (χ4v) is 0.623. The summed E-state index contributed by atoms with van der Waals surface area (Å²) in [6.45, 7) is 1.76. The monoisotopic (exact) mass is 124 g/mol. The van der Waals surface area contributed by atoms with Gasteiger partial charge in [0.1, 0.15) is 5.76 Å². The molecule has 0 aromatic rings. The lowest BCUT2D eigenvalue weighted by molar-refractivity contribution is -0.138. The molecule has 2 nitrogen and oxygen atoms in total. The van der Waals surface area contributed by atoms with Gasteiger partial charge in [0.15, 0.2) is 0 Å². The van der Waals surface area contributed by atoms with Gasteiger partial charge in [0, 0.05) is 0 Å². The maximum atomic E-state index is 10.6. The van der Waals surface area contributed by atoms with Crippen molar-refractivity contribution < 1.29 is 9.53 Å². The Morgan fingerprint density at radius 3 is 3.22 bits per heavy atom. The van der Waals surface area contributed by atoms with Crippen molar-refractivity contribution in [3.63, 3.8) is 0 Å². The summed E-state index contributed by atoms with van der Waals surface area (Å²) in [5.41, 5.74) is 0. The van der Waals surface area contributed by atoms with Gasteiger partial charge < -0.3 is 4.74 Å². The van der Waals surface area contributed by atoms with Gasteiger partial charge in [-0.3, -0.25) is 4.79 Å². The molecule has 0 saturated heterocycles. The highest BCUT2D eigenvalue weighted by atomic mass is 16.5. The fourth-order valence-electron chi connectivity index (χ4n) is 0.623. The van der Waals surface area contributed by atoms with Crippen molar-refractivity contribution in [3.05, 3.63) is 24.0 Å². The Morgan fingerprint density at radius 2 is 2.44 bits per heavy atom. The van der Waals surface area contributed by atoms with Crippen molar-refractivity contribution in [1.82, 2.24) is 0 Å². The molecule has 1 aliphatic heterocycles. The van der Waals surface area contributed by atoms with Crippen molar-refractivity contribution in [1.29, 1.82) is 0 Å². The van der Waals surface area contributed by atoms with Crippen molar-refractivity contribution in [2.24, 2.45) is 0 Å². The molecule has 0 saturated carbocycles. The van der Waals surface area contributed by atoms with Gasteiger partial charge in [-0.1, -0.05) is 12.2 Å². The first-order chi connectivity index (χ1) is 4.29. The van der Waals surface area contributed by atoms with Crippen LogP contribution in [0.5, 0.6) is 0 Å². The molecule has 0 aliphatic carbocycles. The van der Waals surface area contributed by atoms with E-state index in [4.69, 9.17) is 4.74 Å². The van der Waals surface area contributed by atoms with Crippen LogP contribution in [0.4, 0.5) is 0 Å². The summed E-state index contributed by atoms with van der Waals surface area (Å²) in [5.74, 6) is 0.478. The zero-order valence-electron chi connectivity index (χ0n) is 5.26. The van der Waals surface area contributed by atoms with Gasteiger partial charge >= 0.3 is 5.97 Å². The van der Waals surface area contributed by atoms with Crippen molar-refractivity contribution in [2.75, 3.05) is 0 Å². The Labute approximate surface area is 53.8 Å². The van der Waals surface area contributed by atoms with Gasteiger partial charge in [0.25, 0.3) is 0 Å². The molecule has 0 radical (unpaired) electrons. The van der Waals surface area contributed by atoms with Crippen LogP contribution >= 0.6 is 0 Å². The van der Waals surface area contributed by atoms with E-state index >= 15 is 0 Å². The molecule has 0 N–H and O–H groups in total. The molecule has 0 atom stereocenters. The van der Waals surface area contributed by atoms with Crippen LogP contribution in [0.15, 0.2) is 24.0 Å². The van der Waals surface area contributed by atoms with Crippen LogP contribution in [0.25, 0.3) is 0 Å². The summed E-state index contributed by atoms with van der Waals surface area (Å²) in [7, 11) is 0. The van der Waals surface area contributed by atoms with E-state index in [0.717, 1.165) is 0 Å². The minimum absolute atomic E-state index is 0.183.